The molecule has 0 fully saturated rings. The summed E-state index contributed by atoms with van der Waals surface area (Å²) in [7, 11) is 4.05. The van der Waals surface area contributed by atoms with Gasteiger partial charge in [-0.3, -0.25) is 0 Å². The van der Waals surface area contributed by atoms with Gasteiger partial charge in [0, 0.05) is 0 Å². The molecule has 35 heavy (non-hydrogen) atoms. The van der Waals surface area contributed by atoms with Gasteiger partial charge in [-0.15, -0.1) is 0 Å². The van der Waals surface area contributed by atoms with Crippen LogP contribution in [0.3, 0.4) is 0 Å². The van der Waals surface area contributed by atoms with E-state index in [1.165, 1.54) is 26.5 Å². The molecule has 0 aliphatic heterocycles. The summed E-state index contributed by atoms with van der Waals surface area (Å²) in [5.74, 6) is 0. The molecule has 0 aliphatic carbocycles. The predicted octanol–water partition coefficient (Wildman–Crippen LogP) is 7.54. The van der Waals surface area contributed by atoms with Gasteiger partial charge in [0.25, 0.3) is 0 Å². The van der Waals surface area contributed by atoms with Gasteiger partial charge < -0.3 is 0 Å². The van der Waals surface area contributed by atoms with Crippen LogP contribution in [0.25, 0.3) is 0 Å². The van der Waals surface area contributed by atoms with Crippen molar-refractivity contribution in [2.75, 3.05) is 0 Å². The standard InChI is InChI=1S/C30H29P5/c31-32-33-34(26-16-6-1-7-17-26)35(27-18-8-2-9-19-27,28-20-10-3-11-21-28,29-22-12-4-13-23-29)30-24-14-5-15-25-30/h1-25,32-33H,31H2. The summed E-state index contributed by atoms with van der Waals surface area (Å²) in [5, 5.41) is 7.29. The van der Waals surface area contributed by atoms with Crippen LogP contribution in [0.2, 0.25) is 0 Å². The van der Waals surface area contributed by atoms with Gasteiger partial charge in [0.15, 0.2) is 0 Å². The van der Waals surface area contributed by atoms with Crippen molar-refractivity contribution in [2.24, 2.45) is 0 Å². The number of hydrogen-bond donors (Lipinski definition) is 0. The minimum absolute atomic E-state index is 0.643. The van der Waals surface area contributed by atoms with E-state index in [1.807, 2.05) is 0 Å². The third-order valence-corrected chi connectivity index (χ3v) is 34.3. The number of rotatable bonds is 8. The molecule has 174 valence electrons. The fourth-order valence-electron chi connectivity index (χ4n) is 5.26. The van der Waals surface area contributed by atoms with E-state index in [2.05, 4.69) is 161 Å². The molecule has 0 bridgehead atoms. The van der Waals surface area contributed by atoms with Crippen molar-refractivity contribution in [2.45, 2.75) is 0 Å². The predicted molar refractivity (Wildman–Crippen MR) is 171 cm³/mol. The van der Waals surface area contributed by atoms with E-state index in [4.69, 9.17) is 0 Å². The third kappa shape index (κ3) is 4.06. The van der Waals surface area contributed by atoms with Gasteiger partial charge in [-0.05, 0) is 0 Å². The van der Waals surface area contributed by atoms with Gasteiger partial charge >= 0.3 is 217 Å². The molecule has 5 aromatic rings. The molecule has 0 heterocycles. The monoisotopic (exact) mass is 544 g/mol. The average molecular weight is 544 g/mol. The van der Waals surface area contributed by atoms with Crippen LogP contribution in [0.15, 0.2) is 152 Å². The fraction of sp³-hybridized carbons (Fsp3) is 0. The molecule has 0 amide bonds. The summed E-state index contributed by atoms with van der Waals surface area (Å²) < 4.78 is 0. The van der Waals surface area contributed by atoms with Crippen molar-refractivity contribution >= 4 is 65.0 Å². The van der Waals surface area contributed by atoms with E-state index in [1.54, 1.807) is 0 Å². The Bertz CT molecular complexity index is 1180. The Balaban J connectivity index is 2.11. The summed E-state index contributed by atoms with van der Waals surface area (Å²) >= 11 is 0. The molecular formula is C30H29P5. The SMILES string of the molecule is PPPP(c1ccccc1)P(c1ccccc1)(c1ccccc1)(c1ccccc1)c1ccccc1. The van der Waals surface area contributed by atoms with E-state index < -0.39 is 13.6 Å². The molecule has 0 saturated carbocycles. The van der Waals surface area contributed by atoms with Crippen LogP contribution < -0.4 is 26.5 Å². The van der Waals surface area contributed by atoms with Crippen LogP contribution in [0, 0.1) is 0 Å². The first kappa shape index (κ1) is 24.9. The maximum absolute atomic E-state index is 3.21. The molecule has 0 spiro atoms. The van der Waals surface area contributed by atoms with E-state index in [-0.39, 0.29) is 0 Å². The Morgan fingerprint density at radius 3 is 1.00 bits per heavy atom. The molecule has 0 N–H and O–H groups in total. The average Bonchev–Trinajstić information content (AvgIpc) is 2.96. The Kier molecular flexibility index (Phi) is 7.91. The second-order valence-corrected chi connectivity index (χ2v) is 26.4. The van der Waals surface area contributed by atoms with Crippen molar-refractivity contribution in [3.8, 4) is 0 Å². The zero-order valence-corrected chi connectivity index (χ0v) is 24.3. The molecule has 0 aromatic heterocycles. The molecule has 0 aliphatic rings. The normalized spacial score (nSPS) is 14.1. The first-order valence-electron chi connectivity index (χ1n) is 11.6. The Labute approximate surface area is 216 Å². The molecule has 5 heteroatoms. The third-order valence-electron chi connectivity index (χ3n) is 6.61. The van der Waals surface area contributed by atoms with Crippen molar-refractivity contribution in [3.63, 3.8) is 0 Å². The van der Waals surface area contributed by atoms with Crippen LogP contribution in [0.5, 0.6) is 0 Å². The first-order chi connectivity index (χ1) is 17.3. The zero-order valence-electron chi connectivity index (χ0n) is 19.4. The summed E-state index contributed by atoms with van der Waals surface area (Å²) in [5.41, 5.74) is 0. The first-order valence-corrected chi connectivity index (χ1v) is 21.6. The Morgan fingerprint density at radius 1 is 0.429 bits per heavy atom. The van der Waals surface area contributed by atoms with Crippen LogP contribution in [-0.2, 0) is 0 Å². The van der Waals surface area contributed by atoms with Crippen LogP contribution >= 0.6 is 38.4 Å². The Hall–Kier alpha value is -1.75. The Morgan fingerprint density at radius 2 is 0.714 bits per heavy atom. The van der Waals surface area contributed by atoms with Crippen molar-refractivity contribution in [3.05, 3.63) is 152 Å². The van der Waals surface area contributed by atoms with Gasteiger partial charge in [-0.25, -0.2) is 0 Å². The van der Waals surface area contributed by atoms with Crippen molar-refractivity contribution in [1.82, 2.24) is 0 Å². The van der Waals surface area contributed by atoms with E-state index in [0.29, 0.717) is 0 Å². The van der Waals surface area contributed by atoms with Gasteiger partial charge in [0.2, 0.25) is 0 Å². The maximum atomic E-state index is 3.07. The van der Waals surface area contributed by atoms with Gasteiger partial charge in [0.1, 0.15) is 0 Å². The molecule has 0 nitrogen and oxygen atoms in total. The fourth-order valence-corrected chi connectivity index (χ4v) is 41.9. The van der Waals surface area contributed by atoms with Crippen molar-refractivity contribution in [1.29, 1.82) is 0 Å². The second kappa shape index (κ2) is 11.1. The van der Waals surface area contributed by atoms with Crippen LogP contribution in [-0.4, -0.2) is 0 Å². The topological polar surface area (TPSA) is 0 Å². The molecule has 0 radical (unpaired) electrons. The van der Waals surface area contributed by atoms with Gasteiger partial charge in [0.05, 0.1) is 0 Å². The summed E-state index contributed by atoms with van der Waals surface area (Å²) in [6.45, 7) is 0. The summed E-state index contributed by atoms with van der Waals surface area (Å²) in [6, 6.07) is 57.0. The van der Waals surface area contributed by atoms with Crippen molar-refractivity contribution < 1.29 is 0 Å². The van der Waals surface area contributed by atoms with E-state index in [0.717, 1.165) is 15.9 Å². The number of hydrogen-bond acceptors (Lipinski definition) is 0. The molecule has 5 aromatic carbocycles. The van der Waals surface area contributed by atoms with E-state index in [9.17, 15) is 0 Å². The molecule has 0 saturated heterocycles. The molecule has 4 unspecified atom stereocenters. The molecule has 5 rings (SSSR count). The summed E-state index contributed by atoms with van der Waals surface area (Å²) in [4.78, 5) is 0. The quantitative estimate of drug-likeness (QED) is 0.177. The minimum atomic E-state index is -3.21. The molecule has 4 atom stereocenters. The van der Waals surface area contributed by atoms with Crippen LogP contribution in [0.4, 0.5) is 0 Å². The molecular weight excluding hydrogens is 515 g/mol. The van der Waals surface area contributed by atoms with Gasteiger partial charge in [-0.1, -0.05) is 0 Å². The van der Waals surface area contributed by atoms with Crippen LogP contribution in [0.1, 0.15) is 0 Å². The second-order valence-electron chi connectivity index (χ2n) is 8.32. The zero-order chi connectivity index (χ0) is 24.0. The van der Waals surface area contributed by atoms with E-state index >= 15 is 0 Å². The van der Waals surface area contributed by atoms with Gasteiger partial charge in [-0.2, -0.15) is 0 Å². The number of benzene rings is 5. The summed E-state index contributed by atoms with van der Waals surface area (Å²) in [6.07, 6.45) is -3.21.